The Kier molecular flexibility index (Phi) is 4.03. The number of carbonyl (C=O) groups excluding carboxylic acids is 1. The lowest BCUT2D eigenvalue weighted by molar-refractivity contribution is 0.0722. The highest BCUT2D eigenvalue weighted by Gasteiger charge is 2.26. The van der Waals surface area contributed by atoms with Gasteiger partial charge < -0.3 is 20.5 Å². The van der Waals surface area contributed by atoms with Crippen molar-refractivity contribution >= 4 is 5.91 Å². The second-order valence-corrected chi connectivity index (χ2v) is 4.22. The smallest absolute Gasteiger partial charge is 0.260 e. The van der Waals surface area contributed by atoms with Crippen LogP contribution in [-0.4, -0.2) is 39.9 Å². The molecule has 0 radical (unpaired) electrons. The molecule has 6 heteroatoms. The highest BCUT2D eigenvalue weighted by Crippen LogP contribution is 2.03. The molecule has 94 valence electrons. The Morgan fingerprint density at radius 1 is 1.41 bits per heavy atom. The molecule has 1 amide bonds. The predicted octanol–water partition coefficient (Wildman–Crippen LogP) is -0.844. The summed E-state index contributed by atoms with van der Waals surface area (Å²) in [7, 11) is 0. The van der Waals surface area contributed by atoms with Gasteiger partial charge in [0, 0.05) is 5.69 Å². The Balaban J connectivity index is 2.94. The standard InChI is InChI=1S/C11H16N2O4/c1-7-3-4-8(9(16)12-7)10(17)13-11(2,5-14)6-15/h3-4,14-15H,5-6H2,1-2H3,(H,12,16)(H,13,17). The first-order valence-electron chi connectivity index (χ1n) is 5.16. The van der Waals surface area contributed by atoms with Gasteiger partial charge in [-0.2, -0.15) is 0 Å². The number of aromatic nitrogens is 1. The first-order chi connectivity index (χ1) is 7.91. The van der Waals surface area contributed by atoms with E-state index in [0.29, 0.717) is 5.69 Å². The van der Waals surface area contributed by atoms with Crippen molar-refractivity contribution in [2.24, 2.45) is 0 Å². The minimum atomic E-state index is -1.14. The van der Waals surface area contributed by atoms with Crippen LogP contribution in [0.5, 0.6) is 0 Å². The zero-order valence-electron chi connectivity index (χ0n) is 9.78. The summed E-state index contributed by atoms with van der Waals surface area (Å²) in [6.45, 7) is 2.35. The van der Waals surface area contributed by atoms with Crippen LogP contribution in [0.3, 0.4) is 0 Å². The van der Waals surface area contributed by atoms with Crippen molar-refractivity contribution in [3.05, 3.63) is 33.7 Å². The van der Waals surface area contributed by atoms with Gasteiger partial charge in [-0.05, 0) is 26.0 Å². The molecule has 6 nitrogen and oxygen atoms in total. The minimum absolute atomic E-state index is 0.0521. The fraction of sp³-hybridized carbons (Fsp3) is 0.455. The van der Waals surface area contributed by atoms with Gasteiger partial charge in [-0.3, -0.25) is 9.59 Å². The van der Waals surface area contributed by atoms with E-state index in [1.807, 2.05) is 0 Å². The van der Waals surface area contributed by atoms with Crippen molar-refractivity contribution < 1.29 is 15.0 Å². The number of pyridine rings is 1. The monoisotopic (exact) mass is 240 g/mol. The van der Waals surface area contributed by atoms with Gasteiger partial charge in [0.05, 0.1) is 18.8 Å². The van der Waals surface area contributed by atoms with Gasteiger partial charge in [0.1, 0.15) is 5.56 Å². The number of aryl methyl sites for hydroxylation is 1. The van der Waals surface area contributed by atoms with E-state index in [2.05, 4.69) is 10.3 Å². The van der Waals surface area contributed by atoms with E-state index in [9.17, 15) is 9.59 Å². The molecule has 0 aliphatic carbocycles. The molecule has 0 saturated heterocycles. The molecule has 0 aromatic carbocycles. The Labute approximate surface area is 98.3 Å². The number of amides is 1. The summed E-state index contributed by atoms with van der Waals surface area (Å²) < 4.78 is 0. The molecule has 4 N–H and O–H groups in total. The van der Waals surface area contributed by atoms with Crippen LogP contribution in [0.15, 0.2) is 16.9 Å². The fourth-order valence-electron chi connectivity index (χ4n) is 1.22. The van der Waals surface area contributed by atoms with E-state index in [4.69, 9.17) is 10.2 Å². The summed E-state index contributed by atoms with van der Waals surface area (Å²) in [6, 6.07) is 3.00. The summed E-state index contributed by atoms with van der Waals surface area (Å²) >= 11 is 0. The SMILES string of the molecule is Cc1ccc(C(=O)NC(C)(CO)CO)c(=O)[nH]1. The molecule has 0 atom stereocenters. The van der Waals surface area contributed by atoms with Gasteiger partial charge >= 0.3 is 0 Å². The van der Waals surface area contributed by atoms with Crippen molar-refractivity contribution in [2.45, 2.75) is 19.4 Å². The summed E-state index contributed by atoms with van der Waals surface area (Å²) in [5.41, 5.74) is -1.04. The number of rotatable bonds is 4. The number of hydrogen-bond donors (Lipinski definition) is 4. The Morgan fingerprint density at radius 3 is 2.47 bits per heavy atom. The number of H-pyrrole nitrogens is 1. The summed E-state index contributed by atoms with van der Waals surface area (Å²) in [6.07, 6.45) is 0. The van der Waals surface area contributed by atoms with Gasteiger partial charge in [-0.25, -0.2) is 0 Å². The quantitative estimate of drug-likeness (QED) is 0.551. The van der Waals surface area contributed by atoms with Crippen LogP contribution in [0, 0.1) is 6.92 Å². The fourth-order valence-corrected chi connectivity index (χ4v) is 1.22. The molecular formula is C11H16N2O4. The van der Waals surface area contributed by atoms with E-state index >= 15 is 0 Å². The van der Waals surface area contributed by atoms with Crippen molar-refractivity contribution in [1.29, 1.82) is 0 Å². The molecule has 17 heavy (non-hydrogen) atoms. The van der Waals surface area contributed by atoms with Crippen molar-refractivity contribution in [2.75, 3.05) is 13.2 Å². The molecule has 0 aliphatic heterocycles. The molecule has 1 heterocycles. The summed E-state index contributed by atoms with van der Waals surface area (Å²) in [5, 5.41) is 20.5. The average Bonchev–Trinajstić information content (AvgIpc) is 2.28. The first-order valence-corrected chi connectivity index (χ1v) is 5.16. The largest absolute Gasteiger partial charge is 0.394 e. The van der Waals surface area contributed by atoms with Gasteiger partial charge in [0.25, 0.3) is 11.5 Å². The molecule has 0 bridgehead atoms. The van der Waals surface area contributed by atoms with Crippen molar-refractivity contribution in [1.82, 2.24) is 10.3 Å². The van der Waals surface area contributed by atoms with Crippen molar-refractivity contribution in [3.8, 4) is 0 Å². The molecule has 1 rings (SSSR count). The lowest BCUT2D eigenvalue weighted by Crippen LogP contribution is -2.52. The number of nitrogens with one attached hydrogen (secondary N) is 2. The predicted molar refractivity (Wildman–Crippen MR) is 61.8 cm³/mol. The van der Waals surface area contributed by atoms with Gasteiger partial charge in [-0.15, -0.1) is 0 Å². The van der Waals surface area contributed by atoms with E-state index in [1.165, 1.54) is 13.0 Å². The maximum Gasteiger partial charge on any atom is 0.260 e. The number of aliphatic hydroxyl groups excluding tert-OH is 2. The maximum absolute atomic E-state index is 11.8. The Morgan fingerprint density at radius 2 is 2.00 bits per heavy atom. The van der Waals surface area contributed by atoms with Crippen LogP contribution in [0.25, 0.3) is 0 Å². The van der Waals surface area contributed by atoms with E-state index in [0.717, 1.165) is 0 Å². The Bertz CT molecular complexity index is 463. The number of aromatic amines is 1. The third kappa shape index (κ3) is 3.15. The van der Waals surface area contributed by atoms with Crippen LogP contribution in [0.4, 0.5) is 0 Å². The number of aliphatic hydroxyl groups is 2. The van der Waals surface area contributed by atoms with E-state index < -0.39 is 30.2 Å². The van der Waals surface area contributed by atoms with E-state index in [1.54, 1.807) is 13.0 Å². The molecular weight excluding hydrogens is 224 g/mol. The maximum atomic E-state index is 11.8. The third-order valence-corrected chi connectivity index (χ3v) is 2.41. The average molecular weight is 240 g/mol. The number of carbonyl (C=O) groups is 1. The Hall–Kier alpha value is -1.66. The number of hydrogen-bond acceptors (Lipinski definition) is 4. The second kappa shape index (κ2) is 5.11. The topological polar surface area (TPSA) is 102 Å². The molecule has 0 aliphatic rings. The minimum Gasteiger partial charge on any atom is -0.394 e. The zero-order valence-corrected chi connectivity index (χ0v) is 9.78. The van der Waals surface area contributed by atoms with Crippen LogP contribution in [0.2, 0.25) is 0 Å². The summed E-state index contributed by atoms with van der Waals surface area (Å²) in [5.74, 6) is -0.628. The van der Waals surface area contributed by atoms with Crippen LogP contribution >= 0.6 is 0 Å². The molecule has 0 saturated carbocycles. The zero-order chi connectivity index (χ0) is 13.1. The molecule has 0 unspecified atom stereocenters. The van der Waals surface area contributed by atoms with Crippen LogP contribution in [0.1, 0.15) is 23.0 Å². The highest BCUT2D eigenvalue weighted by molar-refractivity contribution is 5.94. The first kappa shape index (κ1) is 13.4. The third-order valence-electron chi connectivity index (χ3n) is 2.41. The van der Waals surface area contributed by atoms with Crippen molar-refractivity contribution in [3.63, 3.8) is 0 Å². The normalized spacial score (nSPS) is 11.3. The van der Waals surface area contributed by atoms with Crippen LogP contribution < -0.4 is 10.9 Å². The second-order valence-electron chi connectivity index (χ2n) is 4.22. The van der Waals surface area contributed by atoms with Gasteiger partial charge in [-0.1, -0.05) is 0 Å². The lowest BCUT2D eigenvalue weighted by atomic mass is 10.0. The summed E-state index contributed by atoms with van der Waals surface area (Å²) in [4.78, 5) is 25.8. The van der Waals surface area contributed by atoms with Gasteiger partial charge in [0.15, 0.2) is 0 Å². The molecule has 1 aromatic heterocycles. The molecule has 1 aromatic rings. The highest BCUT2D eigenvalue weighted by atomic mass is 16.3. The lowest BCUT2D eigenvalue weighted by Gasteiger charge is -2.25. The van der Waals surface area contributed by atoms with Crippen LogP contribution in [-0.2, 0) is 0 Å². The molecule has 0 spiro atoms. The van der Waals surface area contributed by atoms with E-state index in [-0.39, 0.29) is 5.56 Å². The molecule has 0 fully saturated rings. The van der Waals surface area contributed by atoms with Gasteiger partial charge in [0.2, 0.25) is 0 Å².